The van der Waals surface area contributed by atoms with Crippen molar-refractivity contribution in [3.8, 4) is 11.5 Å². The number of hydrogen-bond donors (Lipinski definition) is 0. The Labute approximate surface area is 119 Å². The van der Waals surface area contributed by atoms with E-state index in [-0.39, 0.29) is 10.6 Å². The van der Waals surface area contributed by atoms with Gasteiger partial charge in [0.1, 0.15) is 5.75 Å². The third-order valence-corrected chi connectivity index (χ3v) is 3.73. The van der Waals surface area contributed by atoms with Gasteiger partial charge < -0.3 is 4.74 Å². The zero-order valence-corrected chi connectivity index (χ0v) is 11.5. The molecule has 104 valence electrons. The van der Waals surface area contributed by atoms with Gasteiger partial charge in [0.2, 0.25) is 5.75 Å². The van der Waals surface area contributed by atoms with E-state index in [2.05, 4.69) is 0 Å². The van der Waals surface area contributed by atoms with E-state index in [0.717, 1.165) is 12.1 Å². The monoisotopic (exact) mass is 313 g/mol. The number of nitrogens with zero attached hydrogens (tertiary/aromatic N) is 1. The lowest BCUT2D eigenvalue weighted by Crippen LogP contribution is -1.97. The highest BCUT2D eigenvalue weighted by atomic mass is 35.7. The van der Waals surface area contributed by atoms with E-state index in [0.29, 0.717) is 5.75 Å². The maximum Gasteiger partial charge on any atom is 0.312 e. The number of ether oxygens (including phenoxy) is 1. The Hall–Kier alpha value is -2.12. The van der Waals surface area contributed by atoms with Gasteiger partial charge in [-0.05, 0) is 24.3 Å². The van der Waals surface area contributed by atoms with Crippen LogP contribution >= 0.6 is 10.7 Å². The van der Waals surface area contributed by atoms with E-state index in [1.807, 2.05) is 0 Å². The molecule has 0 unspecified atom stereocenters. The van der Waals surface area contributed by atoms with Crippen LogP contribution in [-0.2, 0) is 9.05 Å². The van der Waals surface area contributed by atoms with Crippen LogP contribution in [0.3, 0.4) is 0 Å². The summed E-state index contributed by atoms with van der Waals surface area (Å²) in [6.07, 6.45) is 0. The summed E-state index contributed by atoms with van der Waals surface area (Å²) in [5.74, 6) is 0.336. The Morgan fingerprint density at radius 2 is 1.75 bits per heavy atom. The SMILES string of the molecule is O=[N+]([O-])c1cc(S(=O)(=O)Cl)ccc1Oc1ccccc1. The Bertz CT molecular complexity index is 746. The zero-order chi connectivity index (χ0) is 14.8. The lowest BCUT2D eigenvalue weighted by Gasteiger charge is -2.06. The summed E-state index contributed by atoms with van der Waals surface area (Å²) >= 11 is 0. The van der Waals surface area contributed by atoms with E-state index in [9.17, 15) is 18.5 Å². The average Bonchev–Trinajstić information content (AvgIpc) is 2.38. The van der Waals surface area contributed by atoms with Crippen LogP contribution in [0.1, 0.15) is 0 Å². The maximum atomic E-state index is 11.2. The molecule has 6 nitrogen and oxygen atoms in total. The Balaban J connectivity index is 2.46. The molecule has 0 aliphatic rings. The van der Waals surface area contributed by atoms with Crippen molar-refractivity contribution >= 4 is 25.4 Å². The second-order valence-electron chi connectivity index (χ2n) is 3.74. The minimum atomic E-state index is -4.04. The molecule has 0 spiro atoms. The molecule has 0 amide bonds. The van der Waals surface area contributed by atoms with Crippen LogP contribution in [0.15, 0.2) is 53.4 Å². The smallest absolute Gasteiger partial charge is 0.312 e. The fraction of sp³-hybridized carbons (Fsp3) is 0. The molecule has 0 fully saturated rings. The summed E-state index contributed by atoms with van der Waals surface area (Å²) < 4.78 is 27.7. The van der Waals surface area contributed by atoms with E-state index in [4.69, 9.17) is 15.4 Å². The Morgan fingerprint density at radius 3 is 2.30 bits per heavy atom. The van der Waals surface area contributed by atoms with Crippen molar-refractivity contribution in [2.45, 2.75) is 4.90 Å². The maximum absolute atomic E-state index is 11.2. The molecule has 0 saturated carbocycles. The molecule has 0 N–H and O–H groups in total. The quantitative estimate of drug-likeness (QED) is 0.491. The third kappa shape index (κ3) is 3.25. The molecule has 2 aromatic rings. The van der Waals surface area contributed by atoms with Crippen LogP contribution in [0.4, 0.5) is 5.69 Å². The van der Waals surface area contributed by atoms with Crippen molar-refractivity contribution in [2.24, 2.45) is 0 Å². The largest absolute Gasteiger partial charge is 0.450 e. The normalized spacial score (nSPS) is 11.1. The number of halogens is 1. The second kappa shape index (κ2) is 5.48. The van der Waals surface area contributed by atoms with Crippen molar-refractivity contribution in [3.63, 3.8) is 0 Å². The van der Waals surface area contributed by atoms with Gasteiger partial charge >= 0.3 is 5.69 Å². The number of nitro groups is 1. The summed E-state index contributed by atoms with van der Waals surface area (Å²) in [5, 5.41) is 11.0. The van der Waals surface area contributed by atoms with Crippen molar-refractivity contribution < 1.29 is 18.1 Å². The molecule has 0 saturated heterocycles. The minimum absolute atomic E-state index is 0.0646. The predicted molar refractivity (Wildman–Crippen MR) is 72.7 cm³/mol. The van der Waals surface area contributed by atoms with Gasteiger partial charge in [0.25, 0.3) is 9.05 Å². The molecule has 0 aromatic heterocycles. The fourth-order valence-corrected chi connectivity index (χ4v) is 2.26. The molecule has 2 rings (SSSR count). The number of hydrogen-bond acceptors (Lipinski definition) is 5. The van der Waals surface area contributed by atoms with Gasteiger partial charge in [-0.15, -0.1) is 0 Å². The molecule has 8 heteroatoms. The molecule has 0 heterocycles. The molecular formula is C12H8ClNO5S. The Kier molecular flexibility index (Phi) is 3.91. The molecule has 0 aliphatic carbocycles. The highest BCUT2D eigenvalue weighted by Crippen LogP contribution is 2.33. The van der Waals surface area contributed by atoms with Crippen molar-refractivity contribution in [1.82, 2.24) is 0 Å². The summed E-state index contributed by atoms with van der Waals surface area (Å²) in [6, 6.07) is 11.6. The van der Waals surface area contributed by atoms with E-state index < -0.39 is 19.7 Å². The predicted octanol–water partition coefficient (Wildman–Crippen LogP) is 3.31. The molecule has 0 bridgehead atoms. The van der Waals surface area contributed by atoms with Gasteiger partial charge in [0.05, 0.1) is 9.82 Å². The van der Waals surface area contributed by atoms with Gasteiger partial charge in [0.15, 0.2) is 0 Å². The van der Waals surface area contributed by atoms with Crippen LogP contribution in [0, 0.1) is 10.1 Å². The van der Waals surface area contributed by atoms with Crippen LogP contribution < -0.4 is 4.74 Å². The number of nitro benzene ring substituents is 1. The first-order chi connectivity index (χ1) is 9.38. The zero-order valence-electron chi connectivity index (χ0n) is 9.89. The summed E-state index contributed by atoms with van der Waals surface area (Å²) in [7, 11) is 1.12. The molecule has 20 heavy (non-hydrogen) atoms. The van der Waals surface area contributed by atoms with Gasteiger partial charge in [-0.2, -0.15) is 0 Å². The first-order valence-electron chi connectivity index (χ1n) is 5.34. The van der Waals surface area contributed by atoms with Gasteiger partial charge in [-0.3, -0.25) is 10.1 Å². The number of para-hydroxylation sites is 1. The lowest BCUT2D eigenvalue weighted by atomic mass is 10.3. The van der Waals surface area contributed by atoms with E-state index in [1.54, 1.807) is 30.3 Å². The lowest BCUT2D eigenvalue weighted by molar-refractivity contribution is -0.385. The number of benzene rings is 2. The van der Waals surface area contributed by atoms with Crippen LogP contribution in [0.5, 0.6) is 11.5 Å². The second-order valence-corrected chi connectivity index (χ2v) is 6.31. The van der Waals surface area contributed by atoms with E-state index >= 15 is 0 Å². The Morgan fingerprint density at radius 1 is 1.10 bits per heavy atom. The van der Waals surface area contributed by atoms with E-state index in [1.165, 1.54) is 6.07 Å². The average molecular weight is 314 g/mol. The molecule has 0 aliphatic heterocycles. The summed E-state index contributed by atoms with van der Waals surface area (Å²) in [4.78, 5) is 9.89. The first-order valence-corrected chi connectivity index (χ1v) is 7.65. The highest BCUT2D eigenvalue weighted by molar-refractivity contribution is 8.13. The summed E-state index contributed by atoms with van der Waals surface area (Å²) in [6.45, 7) is 0. The van der Waals surface area contributed by atoms with Gasteiger partial charge in [0, 0.05) is 16.7 Å². The summed E-state index contributed by atoms with van der Waals surface area (Å²) in [5.41, 5.74) is -0.476. The standard InChI is InChI=1S/C12H8ClNO5S/c13-20(17,18)10-6-7-12(11(8-10)14(15)16)19-9-4-2-1-3-5-9/h1-8H. The first kappa shape index (κ1) is 14.3. The van der Waals surface area contributed by atoms with Gasteiger partial charge in [-0.1, -0.05) is 18.2 Å². The van der Waals surface area contributed by atoms with Crippen molar-refractivity contribution in [1.29, 1.82) is 0 Å². The molecular weight excluding hydrogens is 306 g/mol. The van der Waals surface area contributed by atoms with Gasteiger partial charge in [-0.25, -0.2) is 8.42 Å². The van der Waals surface area contributed by atoms with Crippen LogP contribution in [0.25, 0.3) is 0 Å². The fourth-order valence-electron chi connectivity index (χ4n) is 1.49. The molecule has 2 aromatic carbocycles. The van der Waals surface area contributed by atoms with Crippen molar-refractivity contribution in [2.75, 3.05) is 0 Å². The third-order valence-electron chi connectivity index (χ3n) is 2.38. The molecule has 0 radical (unpaired) electrons. The van der Waals surface area contributed by atoms with Crippen LogP contribution in [0.2, 0.25) is 0 Å². The molecule has 0 atom stereocenters. The van der Waals surface area contributed by atoms with Crippen molar-refractivity contribution in [3.05, 3.63) is 58.6 Å². The highest BCUT2D eigenvalue weighted by Gasteiger charge is 2.21. The topological polar surface area (TPSA) is 86.5 Å². The van der Waals surface area contributed by atoms with Crippen LogP contribution in [-0.4, -0.2) is 13.3 Å². The number of rotatable bonds is 4. The minimum Gasteiger partial charge on any atom is -0.450 e.